The first-order valence-corrected chi connectivity index (χ1v) is 12.2. The van der Waals surface area contributed by atoms with Crippen molar-refractivity contribution in [3.8, 4) is 0 Å². The highest BCUT2D eigenvalue weighted by Crippen LogP contribution is 2.38. The molecule has 1 aliphatic heterocycles. The molecule has 3 aromatic rings. The monoisotopic (exact) mass is 468 g/mol. The van der Waals surface area contributed by atoms with Crippen LogP contribution in [-0.4, -0.2) is 31.9 Å². The molecule has 3 aromatic carbocycles. The molecule has 1 saturated heterocycles. The van der Waals surface area contributed by atoms with E-state index in [1.54, 1.807) is 0 Å². The Morgan fingerprint density at radius 1 is 0.909 bits per heavy atom. The first kappa shape index (κ1) is 22.9. The normalized spacial score (nSPS) is 16.2. The number of nitrogens with zero attached hydrogens (tertiary/aromatic N) is 1. The minimum atomic E-state index is -4.00. The third-order valence-electron chi connectivity index (χ3n) is 5.85. The number of hydrogen-bond acceptors (Lipinski definition) is 4. The van der Waals surface area contributed by atoms with Gasteiger partial charge in [0.05, 0.1) is 0 Å². The van der Waals surface area contributed by atoms with Gasteiger partial charge in [0.1, 0.15) is 16.3 Å². The number of alkyl carbamates (subject to hydrolysis) is 1. The molecule has 0 aromatic heterocycles. The molecule has 1 heterocycles. The predicted octanol–water partition coefficient (Wildman–Crippen LogP) is 4.43. The number of sulfonamides is 1. The minimum Gasteiger partial charge on any atom is -0.438 e. The van der Waals surface area contributed by atoms with E-state index in [2.05, 4.69) is 5.32 Å². The fourth-order valence-corrected chi connectivity index (χ4v) is 5.56. The van der Waals surface area contributed by atoms with E-state index < -0.39 is 27.5 Å². The number of carbonyl (C=O) groups is 1. The zero-order chi connectivity index (χ0) is 23.3. The van der Waals surface area contributed by atoms with E-state index in [-0.39, 0.29) is 30.8 Å². The minimum absolute atomic E-state index is 0.0948. The van der Waals surface area contributed by atoms with Crippen molar-refractivity contribution in [3.05, 3.63) is 102 Å². The van der Waals surface area contributed by atoms with Crippen molar-refractivity contribution >= 4 is 16.1 Å². The van der Waals surface area contributed by atoms with Gasteiger partial charge in [-0.25, -0.2) is 17.6 Å². The van der Waals surface area contributed by atoms with Gasteiger partial charge in [0.2, 0.25) is 10.0 Å². The molecule has 1 N–H and O–H groups in total. The Bertz CT molecular complexity index is 1200. The largest absolute Gasteiger partial charge is 0.438 e. The molecule has 0 unspecified atom stereocenters. The van der Waals surface area contributed by atoms with E-state index in [1.807, 2.05) is 60.7 Å². The van der Waals surface area contributed by atoms with Gasteiger partial charge in [-0.2, -0.15) is 4.31 Å². The van der Waals surface area contributed by atoms with Gasteiger partial charge in [-0.1, -0.05) is 72.8 Å². The van der Waals surface area contributed by atoms with Crippen LogP contribution in [0.5, 0.6) is 0 Å². The third kappa shape index (κ3) is 5.07. The standard InChI is InChI=1S/C25H25FN2O4S/c26-22-13-7-8-14-23(22)33(30,31)28-17-15-25(16-18-28,21-11-5-2-6-12-21)32-24(29)27-19-20-9-3-1-4-10-20/h1-14H,15-19H2,(H,27,29). The summed E-state index contributed by atoms with van der Waals surface area (Å²) < 4.78 is 47.4. The van der Waals surface area contributed by atoms with E-state index in [0.717, 1.165) is 17.2 Å². The Balaban J connectivity index is 1.51. The Labute approximate surface area is 193 Å². The molecule has 0 aliphatic carbocycles. The fourth-order valence-electron chi connectivity index (χ4n) is 4.06. The number of piperidine rings is 1. The summed E-state index contributed by atoms with van der Waals surface area (Å²) in [6.07, 6.45) is -0.0690. The van der Waals surface area contributed by atoms with Crippen LogP contribution in [0.1, 0.15) is 24.0 Å². The molecule has 172 valence electrons. The summed E-state index contributed by atoms with van der Waals surface area (Å²) in [7, 11) is -4.00. The van der Waals surface area contributed by atoms with Crippen LogP contribution < -0.4 is 5.32 Å². The third-order valence-corrected chi connectivity index (χ3v) is 7.78. The van der Waals surface area contributed by atoms with E-state index >= 15 is 0 Å². The second kappa shape index (κ2) is 9.72. The number of benzene rings is 3. The molecular formula is C25H25FN2O4S. The molecule has 33 heavy (non-hydrogen) atoms. The molecule has 1 aliphatic rings. The first-order chi connectivity index (χ1) is 15.9. The first-order valence-electron chi connectivity index (χ1n) is 10.7. The topological polar surface area (TPSA) is 75.7 Å². The quantitative estimate of drug-likeness (QED) is 0.581. The molecule has 0 saturated carbocycles. The second-order valence-corrected chi connectivity index (χ2v) is 9.83. The molecular weight excluding hydrogens is 443 g/mol. The van der Waals surface area contributed by atoms with Crippen molar-refractivity contribution in [2.24, 2.45) is 0 Å². The molecule has 0 bridgehead atoms. The molecule has 4 rings (SSSR count). The zero-order valence-electron chi connectivity index (χ0n) is 18.0. The van der Waals surface area contributed by atoms with E-state index in [4.69, 9.17) is 4.74 Å². The van der Waals surface area contributed by atoms with Crippen LogP contribution in [0.3, 0.4) is 0 Å². The van der Waals surface area contributed by atoms with E-state index in [1.165, 1.54) is 22.5 Å². The average molecular weight is 469 g/mol. The average Bonchev–Trinajstić information content (AvgIpc) is 2.84. The lowest BCUT2D eigenvalue weighted by molar-refractivity contribution is -0.0279. The number of rotatable bonds is 6. The summed E-state index contributed by atoms with van der Waals surface area (Å²) in [6.45, 7) is 0.507. The van der Waals surface area contributed by atoms with Gasteiger partial charge in [-0.3, -0.25) is 0 Å². The lowest BCUT2D eigenvalue weighted by Gasteiger charge is -2.41. The highest BCUT2D eigenvalue weighted by Gasteiger charge is 2.43. The van der Waals surface area contributed by atoms with Crippen LogP contribution in [0, 0.1) is 5.82 Å². The lowest BCUT2D eigenvalue weighted by Crippen LogP contribution is -2.48. The zero-order valence-corrected chi connectivity index (χ0v) is 18.8. The van der Waals surface area contributed by atoms with Gasteiger partial charge >= 0.3 is 6.09 Å². The maximum absolute atomic E-state index is 14.2. The van der Waals surface area contributed by atoms with Crippen molar-refractivity contribution in [2.75, 3.05) is 13.1 Å². The summed E-state index contributed by atoms with van der Waals surface area (Å²) in [4.78, 5) is 12.3. The van der Waals surface area contributed by atoms with Crippen LogP contribution in [0.15, 0.2) is 89.8 Å². The highest BCUT2D eigenvalue weighted by molar-refractivity contribution is 7.89. The van der Waals surface area contributed by atoms with Crippen molar-refractivity contribution in [3.63, 3.8) is 0 Å². The Morgan fingerprint density at radius 2 is 1.48 bits per heavy atom. The summed E-state index contributed by atoms with van der Waals surface area (Å²) in [5.41, 5.74) is 0.750. The van der Waals surface area contributed by atoms with Crippen LogP contribution in [0.2, 0.25) is 0 Å². The van der Waals surface area contributed by atoms with Crippen molar-refractivity contribution < 1.29 is 22.3 Å². The van der Waals surface area contributed by atoms with Gasteiger partial charge in [-0.05, 0) is 23.3 Å². The second-order valence-electron chi connectivity index (χ2n) is 7.92. The molecule has 0 radical (unpaired) electrons. The number of amides is 1. The predicted molar refractivity (Wildman–Crippen MR) is 122 cm³/mol. The number of halogens is 1. The van der Waals surface area contributed by atoms with Gasteiger partial charge < -0.3 is 10.1 Å². The fraction of sp³-hybridized carbons (Fsp3) is 0.240. The van der Waals surface area contributed by atoms with Crippen molar-refractivity contribution in [1.82, 2.24) is 9.62 Å². The van der Waals surface area contributed by atoms with Gasteiger partial charge in [-0.15, -0.1) is 0 Å². The molecule has 0 atom stereocenters. The number of nitrogens with one attached hydrogen (secondary N) is 1. The van der Waals surface area contributed by atoms with E-state index in [0.29, 0.717) is 6.54 Å². The molecule has 0 spiro atoms. The summed E-state index contributed by atoms with van der Waals surface area (Å²) in [5.74, 6) is -0.783. The maximum atomic E-state index is 14.2. The van der Waals surface area contributed by atoms with Crippen LogP contribution in [0.25, 0.3) is 0 Å². The smallest absolute Gasteiger partial charge is 0.408 e. The van der Waals surface area contributed by atoms with Crippen molar-refractivity contribution in [1.29, 1.82) is 0 Å². The maximum Gasteiger partial charge on any atom is 0.408 e. The SMILES string of the molecule is O=C(NCc1ccccc1)OC1(c2ccccc2)CCN(S(=O)(=O)c2ccccc2F)CC1. The van der Waals surface area contributed by atoms with Gasteiger partial charge in [0.25, 0.3) is 0 Å². The number of carbonyl (C=O) groups excluding carboxylic acids is 1. The molecule has 1 fully saturated rings. The number of ether oxygens (including phenoxy) is 1. The highest BCUT2D eigenvalue weighted by atomic mass is 32.2. The Kier molecular flexibility index (Phi) is 6.76. The summed E-state index contributed by atoms with van der Waals surface area (Å²) in [5, 5.41) is 2.77. The van der Waals surface area contributed by atoms with Crippen LogP contribution in [-0.2, 0) is 26.9 Å². The van der Waals surface area contributed by atoms with Crippen LogP contribution in [0.4, 0.5) is 9.18 Å². The van der Waals surface area contributed by atoms with E-state index in [9.17, 15) is 17.6 Å². The van der Waals surface area contributed by atoms with Gasteiger partial charge in [0.15, 0.2) is 0 Å². The Morgan fingerprint density at radius 3 is 2.12 bits per heavy atom. The van der Waals surface area contributed by atoms with Crippen molar-refractivity contribution in [2.45, 2.75) is 29.9 Å². The van der Waals surface area contributed by atoms with Crippen LogP contribution >= 0.6 is 0 Å². The summed E-state index contributed by atoms with van der Waals surface area (Å²) in [6, 6.07) is 24.1. The molecule has 8 heteroatoms. The van der Waals surface area contributed by atoms with Gasteiger partial charge in [0, 0.05) is 32.5 Å². The molecule has 1 amide bonds. The lowest BCUT2D eigenvalue weighted by atomic mass is 9.85. The summed E-state index contributed by atoms with van der Waals surface area (Å²) >= 11 is 0. The Hall–Kier alpha value is -3.23. The molecule has 6 nitrogen and oxygen atoms in total. The number of hydrogen-bond donors (Lipinski definition) is 1.